The Morgan fingerprint density at radius 1 is 0.860 bits per heavy atom. The SMILES string of the molecule is N#Cc1cccc(C[C@H](NS(=O)(=O)c2ccc3ccccc3c2)C(=O)N2CCN(C(=O)c3csc4ccccc34)CC2)c1. The molecule has 0 bridgehead atoms. The highest BCUT2D eigenvalue weighted by atomic mass is 32.2. The number of benzene rings is 4. The van der Waals surface area contributed by atoms with Gasteiger partial charge in [-0.05, 0) is 53.1 Å². The number of nitrogens with zero attached hydrogens (tertiary/aromatic N) is 3. The van der Waals surface area contributed by atoms with Gasteiger partial charge in [0, 0.05) is 41.6 Å². The fourth-order valence-corrected chi connectivity index (χ4v) is 7.60. The molecule has 1 N–H and O–H groups in total. The lowest BCUT2D eigenvalue weighted by atomic mass is 10.0. The minimum atomic E-state index is -4.07. The van der Waals surface area contributed by atoms with Crippen molar-refractivity contribution in [2.24, 2.45) is 0 Å². The summed E-state index contributed by atoms with van der Waals surface area (Å²) >= 11 is 1.53. The second kappa shape index (κ2) is 12.0. The third-order valence-electron chi connectivity index (χ3n) is 7.71. The average molecular weight is 609 g/mol. The first kappa shape index (κ1) is 28.6. The van der Waals surface area contributed by atoms with Crippen molar-refractivity contribution in [1.29, 1.82) is 5.26 Å². The Kier molecular flexibility index (Phi) is 7.95. The van der Waals surface area contributed by atoms with Gasteiger partial charge >= 0.3 is 0 Å². The molecule has 43 heavy (non-hydrogen) atoms. The number of hydrogen-bond acceptors (Lipinski definition) is 6. The summed E-state index contributed by atoms with van der Waals surface area (Å²) in [5.74, 6) is -0.453. The van der Waals surface area contributed by atoms with Crippen molar-refractivity contribution in [3.63, 3.8) is 0 Å². The van der Waals surface area contributed by atoms with Gasteiger partial charge in [-0.1, -0.05) is 60.7 Å². The van der Waals surface area contributed by atoms with E-state index in [0.717, 1.165) is 20.9 Å². The second-order valence-corrected chi connectivity index (χ2v) is 13.1. The highest BCUT2D eigenvalue weighted by Crippen LogP contribution is 2.27. The molecule has 4 aromatic carbocycles. The Bertz CT molecular complexity index is 1990. The van der Waals surface area contributed by atoms with Gasteiger partial charge in [0.05, 0.1) is 22.1 Å². The maximum absolute atomic E-state index is 13.9. The van der Waals surface area contributed by atoms with Crippen LogP contribution in [0, 0.1) is 11.3 Å². The summed E-state index contributed by atoms with van der Waals surface area (Å²) in [6.07, 6.45) is 0.0706. The van der Waals surface area contributed by atoms with E-state index in [1.54, 1.807) is 46.2 Å². The lowest BCUT2D eigenvalue weighted by molar-refractivity contribution is -0.134. The predicted octanol–water partition coefficient (Wildman–Crippen LogP) is 4.80. The predicted molar refractivity (Wildman–Crippen MR) is 167 cm³/mol. The number of rotatable bonds is 7. The summed E-state index contributed by atoms with van der Waals surface area (Å²) in [5.41, 5.74) is 1.74. The minimum Gasteiger partial charge on any atom is -0.338 e. The molecule has 1 fully saturated rings. The summed E-state index contributed by atoms with van der Waals surface area (Å²) in [6, 6.07) is 27.9. The minimum absolute atomic E-state index is 0.0631. The van der Waals surface area contributed by atoms with E-state index in [1.807, 2.05) is 53.9 Å². The van der Waals surface area contributed by atoms with Crippen LogP contribution in [0.5, 0.6) is 0 Å². The standard InChI is InChI=1S/C33H28N4O4S2/c34-21-24-7-5-6-23(18-24)19-30(35-43(40,41)27-13-12-25-8-1-2-9-26(25)20-27)33(39)37-16-14-36(15-17-37)32(38)29-22-42-31-11-4-3-10-28(29)31/h1-13,18,20,22,30,35H,14-17,19H2/t30-/m0/s1. The quantitative estimate of drug-likeness (QED) is 0.286. The van der Waals surface area contributed by atoms with Crippen LogP contribution in [0.3, 0.4) is 0 Å². The van der Waals surface area contributed by atoms with Gasteiger partial charge in [-0.15, -0.1) is 11.3 Å². The molecule has 216 valence electrons. The number of thiophene rings is 1. The Hall–Kier alpha value is -4.56. The lowest BCUT2D eigenvalue weighted by Gasteiger charge is -2.36. The number of carbonyl (C=O) groups excluding carboxylic acids is 2. The molecule has 1 atom stereocenters. The first-order valence-electron chi connectivity index (χ1n) is 13.9. The number of nitrogens with one attached hydrogen (secondary N) is 1. The number of fused-ring (bicyclic) bond motifs is 2. The Labute approximate surface area is 253 Å². The van der Waals surface area contributed by atoms with Crippen molar-refractivity contribution in [2.75, 3.05) is 26.2 Å². The molecular weight excluding hydrogens is 581 g/mol. The molecule has 5 aromatic rings. The molecule has 0 spiro atoms. The van der Waals surface area contributed by atoms with Crippen LogP contribution < -0.4 is 4.72 Å². The van der Waals surface area contributed by atoms with Crippen LogP contribution in [0.1, 0.15) is 21.5 Å². The number of amides is 2. The Balaban J connectivity index is 1.22. The molecule has 1 saturated heterocycles. The Morgan fingerprint density at radius 3 is 2.37 bits per heavy atom. The van der Waals surface area contributed by atoms with Crippen molar-refractivity contribution in [1.82, 2.24) is 14.5 Å². The first-order chi connectivity index (χ1) is 20.8. The topological polar surface area (TPSA) is 111 Å². The molecule has 8 nitrogen and oxygen atoms in total. The lowest BCUT2D eigenvalue weighted by Crippen LogP contribution is -2.56. The van der Waals surface area contributed by atoms with Crippen molar-refractivity contribution < 1.29 is 18.0 Å². The van der Waals surface area contributed by atoms with Gasteiger partial charge in [-0.25, -0.2) is 8.42 Å². The van der Waals surface area contributed by atoms with Gasteiger partial charge in [0.15, 0.2) is 0 Å². The smallest absolute Gasteiger partial charge is 0.255 e. The molecule has 1 aromatic heterocycles. The average Bonchev–Trinajstić information content (AvgIpc) is 3.48. The van der Waals surface area contributed by atoms with Gasteiger partial charge in [-0.2, -0.15) is 9.98 Å². The molecular formula is C33H28N4O4S2. The van der Waals surface area contributed by atoms with Gasteiger partial charge in [0.1, 0.15) is 6.04 Å². The fraction of sp³-hybridized carbons (Fsp3) is 0.182. The maximum atomic E-state index is 13.9. The summed E-state index contributed by atoms with van der Waals surface area (Å²) in [6.45, 7) is 1.23. The molecule has 1 aliphatic heterocycles. The van der Waals surface area contributed by atoms with Crippen molar-refractivity contribution in [3.8, 4) is 6.07 Å². The maximum Gasteiger partial charge on any atom is 0.255 e. The molecule has 2 amide bonds. The zero-order chi connectivity index (χ0) is 30.0. The summed E-state index contributed by atoms with van der Waals surface area (Å²) in [7, 11) is -4.07. The first-order valence-corrected chi connectivity index (χ1v) is 16.2. The third kappa shape index (κ3) is 6.01. The van der Waals surface area contributed by atoms with E-state index in [4.69, 9.17) is 0 Å². The van der Waals surface area contributed by atoms with Gasteiger partial charge in [-0.3, -0.25) is 9.59 Å². The normalized spacial score (nSPS) is 14.5. The zero-order valence-corrected chi connectivity index (χ0v) is 24.8. The van der Waals surface area contributed by atoms with Gasteiger partial charge in [0.25, 0.3) is 5.91 Å². The summed E-state index contributed by atoms with van der Waals surface area (Å²) < 4.78 is 30.9. The van der Waals surface area contributed by atoms with Crippen molar-refractivity contribution in [2.45, 2.75) is 17.4 Å². The third-order valence-corrected chi connectivity index (χ3v) is 10.1. The highest BCUT2D eigenvalue weighted by molar-refractivity contribution is 7.89. The van der Waals surface area contributed by atoms with Crippen LogP contribution in [0.15, 0.2) is 101 Å². The van der Waals surface area contributed by atoms with Crippen molar-refractivity contribution in [3.05, 3.63) is 113 Å². The van der Waals surface area contributed by atoms with Crippen LogP contribution >= 0.6 is 11.3 Å². The molecule has 0 unspecified atom stereocenters. The van der Waals surface area contributed by atoms with Gasteiger partial charge < -0.3 is 9.80 Å². The molecule has 10 heteroatoms. The summed E-state index contributed by atoms with van der Waals surface area (Å²) in [5, 5.41) is 13.8. The molecule has 6 rings (SSSR count). The highest BCUT2D eigenvalue weighted by Gasteiger charge is 2.33. The van der Waals surface area contributed by atoms with Crippen LogP contribution in [0.25, 0.3) is 20.9 Å². The van der Waals surface area contributed by atoms with Gasteiger partial charge in [0.2, 0.25) is 15.9 Å². The number of hydrogen-bond donors (Lipinski definition) is 1. The fourth-order valence-electron chi connectivity index (χ4n) is 5.44. The van der Waals surface area contributed by atoms with Crippen LogP contribution in [-0.4, -0.2) is 62.3 Å². The van der Waals surface area contributed by atoms with E-state index in [9.17, 15) is 23.3 Å². The van der Waals surface area contributed by atoms with E-state index in [-0.39, 0.29) is 36.2 Å². The van der Waals surface area contributed by atoms with E-state index in [0.29, 0.717) is 29.8 Å². The molecule has 1 aliphatic rings. The van der Waals surface area contributed by atoms with Crippen LogP contribution in [-0.2, 0) is 21.2 Å². The van der Waals surface area contributed by atoms with Crippen molar-refractivity contribution >= 4 is 54.0 Å². The monoisotopic (exact) mass is 608 g/mol. The molecule has 0 saturated carbocycles. The van der Waals surface area contributed by atoms with Crippen LogP contribution in [0.2, 0.25) is 0 Å². The van der Waals surface area contributed by atoms with E-state index < -0.39 is 16.1 Å². The van der Waals surface area contributed by atoms with Crippen LogP contribution in [0.4, 0.5) is 0 Å². The van der Waals surface area contributed by atoms with E-state index in [1.165, 1.54) is 17.4 Å². The number of carbonyl (C=O) groups is 2. The number of nitriles is 1. The Morgan fingerprint density at radius 2 is 1.58 bits per heavy atom. The molecule has 0 aliphatic carbocycles. The zero-order valence-electron chi connectivity index (χ0n) is 23.1. The largest absolute Gasteiger partial charge is 0.338 e. The number of sulfonamides is 1. The summed E-state index contributed by atoms with van der Waals surface area (Å²) in [4.78, 5) is 30.6. The molecule has 0 radical (unpaired) electrons. The van der Waals surface area contributed by atoms with E-state index >= 15 is 0 Å². The van der Waals surface area contributed by atoms with E-state index in [2.05, 4.69) is 10.8 Å². The molecule has 2 heterocycles. The number of piperazine rings is 1. The second-order valence-electron chi connectivity index (χ2n) is 10.5.